The molecule has 21 heavy (non-hydrogen) atoms. The highest BCUT2D eigenvalue weighted by Crippen LogP contribution is 2.36. The third kappa shape index (κ3) is 3.98. The molecule has 2 aliphatic rings. The molecule has 0 aromatic rings. The van der Waals surface area contributed by atoms with Crippen molar-refractivity contribution in [2.75, 3.05) is 6.54 Å². The summed E-state index contributed by atoms with van der Waals surface area (Å²) in [6.45, 7) is 9.34. The fraction of sp³-hybridized carbons (Fsp3) is 0.941. The van der Waals surface area contributed by atoms with Crippen molar-refractivity contribution in [3.8, 4) is 0 Å². The summed E-state index contributed by atoms with van der Waals surface area (Å²) in [4.78, 5) is 12.8. The summed E-state index contributed by atoms with van der Waals surface area (Å²) in [5.41, 5.74) is 5.78. The lowest BCUT2D eigenvalue weighted by atomic mass is 9.72. The van der Waals surface area contributed by atoms with E-state index < -0.39 is 0 Å². The van der Waals surface area contributed by atoms with E-state index in [1.165, 1.54) is 6.42 Å². The highest BCUT2D eigenvalue weighted by molar-refractivity contribution is 5.83. The number of amides is 1. The summed E-state index contributed by atoms with van der Waals surface area (Å²) < 4.78 is 0. The van der Waals surface area contributed by atoms with Crippen molar-refractivity contribution in [1.82, 2.24) is 10.6 Å². The summed E-state index contributed by atoms with van der Waals surface area (Å²) in [7, 11) is 0. The maximum absolute atomic E-state index is 12.8. The molecule has 1 saturated carbocycles. The first-order valence-corrected chi connectivity index (χ1v) is 8.49. The van der Waals surface area contributed by atoms with Gasteiger partial charge < -0.3 is 16.4 Å². The van der Waals surface area contributed by atoms with Crippen molar-refractivity contribution in [2.24, 2.45) is 11.1 Å². The third-order valence-electron chi connectivity index (χ3n) is 5.21. The van der Waals surface area contributed by atoms with Gasteiger partial charge >= 0.3 is 0 Å². The third-order valence-corrected chi connectivity index (χ3v) is 5.21. The molecule has 0 atom stereocenters. The monoisotopic (exact) mass is 295 g/mol. The Labute approximate surface area is 129 Å². The van der Waals surface area contributed by atoms with Crippen LogP contribution in [0, 0.1) is 5.41 Å². The molecule has 4 heteroatoms. The summed E-state index contributed by atoms with van der Waals surface area (Å²) >= 11 is 0. The number of nitrogens with one attached hydrogen (secondary N) is 2. The molecular weight excluding hydrogens is 262 g/mol. The van der Waals surface area contributed by atoms with Gasteiger partial charge in [-0.3, -0.25) is 4.79 Å². The van der Waals surface area contributed by atoms with E-state index in [1.54, 1.807) is 0 Å². The van der Waals surface area contributed by atoms with Crippen LogP contribution in [0.15, 0.2) is 0 Å². The molecule has 1 saturated heterocycles. The lowest BCUT2D eigenvalue weighted by Gasteiger charge is -2.47. The van der Waals surface area contributed by atoms with E-state index in [9.17, 15) is 4.79 Å². The normalized spacial score (nSPS) is 28.0. The number of nitrogens with two attached hydrogens (primary N) is 1. The lowest BCUT2D eigenvalue weighted by Crippen LogP contribution is -2.63. The van der Waals surface area contributed by atoms with Crippen molar-refractivity contribution >= 4 is 5.91 Å². The molecule has 1 heterocycles. The topological polar surface area (TPSA) is 67.2 Å². The van der Waals surface area contributed by atoms with Crippen molar-refractivity contribution < 1.29 is 4.79 Å². The molecule has 0 unspecified atom stereocenters. The number of hydrogen-bond acceptors (Lipinski definition) is 3. The SMILES string of the molecule is CC1(C)CC(NC(=O)C2(CN)CCCCC2)CC(C)(C)N1. The maximum Gasteiger partial charge on any atom is 0.227 e. The van der Waals surface area contributed by atoms with Crippen LogP contribution in [-0.2, 0) is 4.79 Å². The number of carbonyl (C=O) groups excluding carboxylic acids is 1. The molecule has 1 aliphatic heterocycles. The molecule has 2 rings (SSSR count). The van der Waals surface area contributed by atoms with E-state index in [4.69, 9.17) is 5.73 Å². The summed E-state index contributed by atoms with van der Waals surface area (Å²) in [6.07, 6.45) is 7.36. The van der Waals surface area contributed by atoms with Gasteiger partial charge in [0.2, 0.25) is 5.91 Å². The van der Waals surface area contributed by atoms with Gasteiger partial charge in [-0.2, -0.15) is 0 Å². The molecule has 1 aliphatic carbocycles. The van der Waals surface area contributed by atoms with Crippen LogP contribution >= 0.6 is 0 Å². The standard InChI is InChI=1S/C17H33N3O/c1-15(2)10-13(11-16(3,4)20-15)19-14(21)17(12-18)8-6-5-7-9-17/h13,20H,5-12,18H2,1-4H3,(H,19,21). The van der Waals surface area contributed by atoms with Crippen molar-refractivity contribution in [3.63, 3.8) is 0 Å². The highest BCUT2D eigenvalue weighted by atomic mass is 16.2. The molecule has 1 amide bonds. The van der Waals surface area contributed by atoms with Gasteiger partial charge in [0.25, 0.3) is 0 Å². The average molecular weight is 295 g/mol. The number of hydrogen-bond donors (Lipinski definition) is 3. The van der Waals surface area contributed by atoms with Gasteiger partial charge in [0.15, 0.2) is 0 Å². The minimum atomic E-state index is -0.308. The van der Waals surface area contributed by atoms with E-state index in [-0.39, 0.29) is 28.4 Å². The molecule has 0 bridgehead atoms. The summed E-state index contributed by atoms with van der Waals surface area (Å²) in [5, 5.41) is 6.99. The Morgan fingerprint density at radius 3 is 2.10 bits per heavy atom. The van der Waals surface area contributed by atoms with Crippen LogP contribution < -0.4 is 16.4 Å². The molecule has 0 aromatic carbocycles. The van der Waals surface area contributed by atoms with E-state index >= 15 is 0 Å². The van der Waals surface area contributed by atoms with Crippen LogP contribution in [0.5, 0.6) is 0 Å². The molecule has 4 nitrogen and oxygen atoms in total. The number of carbonyl (C=O) groups is 1. The van der Waals surface area contributed by atoms with Crippen LogP contribution in [0.2, 0.25) is 0 Å². The first-order chi connectivity index (χ1) is 9.68. The predicted molar refractivity (Wildman–Crippen MR) is 87.0 cm³/mol. The summed E-state index contributed by atoms with van der Waals surface area (Å²) in [6, 6.07) is 0.245. The Balaban J connectivity index is 2.04. The van der Waals surface area contributed by atoms with Crippen LogP contribution in [0.3, 0.4) is 0 Å². The molecular formula is C17H33N3O. The first kappa shape index (κ1) is 16.8. The van der Waals surface area contributed by atoms with E-state index in [0.717, 1.165) is 38.5 Å². The Hall–Kier alpha value is -0.610. The smallest absolute Gasteiger partial charge is 0.227 e. The van der Waals surface area contributed by atoms with Gasteiger partial charge in [-0.1, -0.05) is 19.3 Å². The van der Waals surface area contributed by atoms with Gasteiger partial charge in [0, 0.05) is 23.7 Å². The maximum atomic E-state index is 12.8. The van der Waals surface area contributed by atoms with Gasteiger partial charge in [-0.05, 0) is 53.4 Å². The van der Waals surface area contributed by atoms with Gasteiger partial charge in [-0.25, -0.2) is 0 Å². The second-order valence-electron chi connectivity index (χ2n) is 8.52. The van der Waals surface area contributed by atoms with Gasteiger partial charge in [-0.15, -0.1) is 0 Å². The molecule has 0 spiro atoms. The highest BCUT2D eigenvalue weighted by Gasteiger charge is 2.42. The van der Waals surface area contributed by atoms with Crippen molar-refractivity contribution in [1.29, 1.82) is 0 Å². The fourth-order valence-corrected chi connectivity index (χ4v) is 4.52. The second-order valence-corrected chi connectivity index (χ2v) is 8.52. The average Bonchev–Trinajstić information content (AvgIpc) is 2.35. The van der Waals surface area contributed by atoms with Crippen LogP contribution in [0.4, 0.5) is 0 Å². The quantitative estimate of drug-likeness (QED) is 0.748. The molecule has 2 fully saturated rings. The first-order valence-electron chi connectivity index (χ1n) is 8.49. The van der Waals surface area contributed by atoms with Gasteiger partial charge in [0.05, 0.1) is 5.41 Å². The van der Waals surface area contributed by atoms with E-state index in [0.29, 0.717) is 6.54 Å². The molecule has 122 valence electrons. The lowest BCUT2D eigenvalue weighted by molar-refractivity contribution is -0.133. The van der Waals surface area contributed by atoms with Crippen LogP contribution in [-0.4, -0.2) is 29.6 Å². The van der Waals surface area contributed by atoms with Crippen molar-refractivity contribution in [3.05, 3.63) is 0 Å². The minimum absolute atomic E-state index is 0.0577. The Kier molecular flexibility index (Phi) is 4.69. The second kappa shape index (κ2) is 5.88. The number of piperidine rings is 1. The Morgan fingerprint density at radius 1 is 1.10 bits per heavy atom. The van der Waals surface area contributed by atoms with Gasteiger partial charge in [0.1, 0.15) is 0 Å². The van der Waals surface area contributed by atoms with Crippen LogP contribution in [0.25, 0.3) is 0 Å². The van der Waals surface area contributed by atoms with Crippen molar-refractivity contribution in [2.45, 2.75) is 89.8 Å². The zero-order chi connectivity index (χ0) is 15.7. The molecule has 0 aromatic heterocycles. The van der Waals surface area contributed by atoms with Crippen LogP contribution in [0.1, 0.15) is 72.6 Å². The minimum Gasteiger partial charge on any atom is -0.353 e. The Morgan fingerprint density at radius 2 is 1.62 bits per heavy atom. The fourth-order valence-electron chi connectivity index (χ4n) is 4.52. The summed E-state index contributed by atoms with van der Waals surface area (Å²) in [5.74, 6) is 0.197. The number of rotatable bonds is 3. The molecule has 0 radical (unpaired) electrons. The largest absolute Gasteiger partial charge is 0.353 e. The predicted octanol–water partition coefficient (Wildman–Crippen LogP) is 2.32. The van der Waals surface area contributed by atoms with E-state index in [2.05, 4.69) is 38.3 Å². The zero-order valence-corrected chi connectivity index (χ0v) is 14.2. The molecule has 4 N–H and O–H groups in total. The Bertz CT molecular complexity index is 367. The zero-order valence-electron chi connectivity index (χ0n) is 14.2. The van der Waals surface area contributed by atoms with E-state index in [1.807, 2.05) is 0 Å².